The van der Waals surface area contributed by atoms with Gasteiger partial charge in [0.1, 0.15) is 5.75 Å². The van der Waals surface area contributed by atoms with Gasteiger partial charge in [-0.3, -0.25) is 14.8 Å². The van der Waals surface area contributed by atoms with Crippen LogP contribution in [0, 0.1) is 12.8 Å². The molecule has 1 fully saturated rings. The highest BCUT2D eigenvalue weighted by Gasteiger charge is 2.34. The predicted molar refractivity (Wildman–Crippen MR) is 108 cm³/mol. The number of pyridine rings is 2. The fraction of sp³-hybridized carbons (Fsp3) is 0.261. The van der Waals surface area contributed by atoms with Crippen LogP contribution in [0.2, 0.25) is 0 Å². The van der Waals surface area contributed by atoms with Gasteiger partial charge in [0.05, 0.1) is 25.0 Å². The Labute approximate surface area is 164 Å². The summed E-state index contributed by atoms with van der Waals surface area (Å²) >= 11 is 0. The van der Waals surface area contributed by atoms with E-state index in [4.69, 9.17) is 4.74 Å². The number of carbonyl (C=O) groups is 1. The lowest BCUT2D eigenvalue weighted by atomic mass is 10.0. The first-order valence-corrected chi connectivity index (χ1v) is 9.48. The van der Waals surface area contributed by atoms with Crippen LogP contribution in [-0.2, 0) is 0 Å². The zero-order valence-electron chi connectivity index (χ0n) is 16.1. The third-order valence-electron chi connectivity index (χ3n) is 5.07. The molecule has 1 N–H and O–H groups in total. The number of aryl methyl sites for hydroxylation is 1. The molecule has 0 aliphatic heterocycles. The van der Waals surface area contributed by atoms with Gasteiger partial charge in [-0.25, -0.2) is 0 Å². The van der Waals surface area contributed by atoms with Crippen LogP contribution in [0.15, 0.2) is 60.9 Å². The van der Waals surface area contributed by atoms with Gasteiger partial charge in [-0.15, -0.1) is 0 Å². The second-order valence-electron chi connectivity index (χ2n) is 7.15. The van der Waals surface area contributed by atoms with E-state index in [9.17, 15) is 4.79 Å². The molecule has 4 rings (SSSR count). The molecule has 142 valence electrons. The molecule has 0 bridgehead atoms. The van der Waals surface area contributed by atoms with Crippen molar-refractivity contribution in [2.75, 3.05) is 7.11 Å². The predicted octanol–water partition coefficient (Wildman–Crippen LogP) is 4.34. The summed E-state index contributed by atoms with van der Waals surface area (Å²) in [5, 5.41) is 3.18. The molecule has 28 heavy (non-hydrogen) atoms. The number of nitrogens with zero attached hydrogens (tertiary/aromatic N) is 2. The first kappa shape index (κ1) is 18.2. The van der Waals surface area contributed by atoms with Crippen LogP contribution in [0.3, 0.4) is 0 Å². The highest BCUT2D eigenvalue weighted by Crippen LogP contribution is 2.40. The van der Waals surface area contributed by atoms with Crippen molar-refractivity contribution in [3.8, 4) is 16.9 Å². The molecule has 0 saturated heterocycles. The molecule has 0 spiro atoms. The molecule has 0 radical (unpaired) electrons. The van der Waals surface area contributed by atoms with Crippen LogP contribution in [0.25, 0.3) is 11.1 Å². The lowest BCUT2D eigenvalue weighted by Crippen LogP contribution is -2.30. The number of benzene rings is 1. The van der Waals surface area contributed by atoms with Gasteiger partial charge in [-0.2, -0.15) is 0 Å². The summed E-state index contributed by atoms with van der Waals surface area (Å²) in [6.45, 7) is 1.97. The normalized spacial score (nSPS) is 14.4. The molecule has 1 aromatic carbocycles. The minimum atomic E-state index is -0.0755. The average molecular weight is 373 g/mol. The Morgan fingerprint density at radius 1 is 1.14 bits per heavy atom. The molecule has 1 atom stereocenters. The minimum Gasteiger partial charge on any atom is -0.494 e. The zero-order chi connectivity index (χ0) is 19.5. The molecular weight excluding hydrogens is 350 g/mol. The number of methoxy groups -OCH3 is 1. The Morgan fingerprint density at radius 2 is 1.93 bits per heavy atom. The summed E-state index contributed by atoms with van der Waals surface area (Å²) in [6, 6.07) is 15.4. The van der Waals surface area contributed by atoms with E-state index >= 15 is 0 Å². The van der Waals surface area contributed by atoms with E-state index in [0.29, 0.717) is 17.2 Å². The van der Waals surface area contributed by atoms with Crippen molar-refractivity contribution in [2.45, 2.75) is 25.8 Å². The molecule has 1 aliphatic carbocycles. The molecule has 2 heterocycles. The van der Waals surface area contributed by atoms with Gasteiger partial charge < -0.3 is 10.1 Å². The molecular formula is C23H23N3O2. The summed E-state index contributed by atoms with van der Waals surface area (Å²) in [5.74, 6) is 1.10. The number of carbonyl (C=O) groups excluding carboxylic acids is 1. The highest BCUT2D eigenvalue weighted by atomic mass is 16.5. The lowest BCUT2D eigenvalue weighted by molar-refractivity contribution is 0.0930. The molecule has 5 heteroatoms. The topological polar surface area (TPSA) is 64.1 Å². The van der Waals surface area contributed by atoms with E-state index in [2.05, 4.69) is 15.3 Å². The van der Waals surface area contributed by atoms with Gasteiger partial charge >= 0.3 is 0 Å². The maximum Gasteiger partial charge on any atom is 0.251 e. The van der Waals surface area contributed by atoms with Gasteiger partial charge in [0.15, 0.2) is 0 Å². The number of ether oxygens (including phenoxy) is 1. The van der Waals surface area contributed by atoms with Gasteiger partial charge in [0.25, 0.3) is 5.91 Å². The molecule has 3 aromatic rings. The van der Waals surface area contributed by atoms with E-state index in [-0.39, 0.29) is 11.9 Å². The van der Waals surface area contributed by atoms with Crippen LogP contribution in [0.1, 0.15) is 40.6 Å². The van der Waals surface area contributed by atoms with Crippen LogP contribution in [-0.4, -0.2) is 23.0 Å². The number of hydrogen-bond acceptors (Lipinski definition) is 4. The van der Waals surface area contributed by atoms with Gasteiger partial charge in [-0.05, 0) is 61.6 Å². The summed E-state index contributed by atoms with van der Waals surface area (Å²) in [7, 11) is 1.62. The Balaban J connectivity index is 1.53. The third kappa shape index (κ3) is 3.88. The number of amides is 1. The lowest BCUT2D eigenvalue weighted by Gasteiger charge is -2.18. The summed E-state index contributed by atoms with van der Waals surface area (Å²) < 4.78 is 5.37. The SMILES string of the molecule is COc1cnccc1-c1ccc(C(=O)NC(c2cccc(C)n2)C2CC2)cc1. The third-order valence-corrected chi connectivity index (χ3v) is 5.07. The average Bonchev–Trinajstić information content (AvgIpc) is 3.57. The minimum absolute atomic E-state index is 0.0348. The van der Waals surface area contributed by atoms with E-state index in [0.717, 1.165) is 35.4 Å². The van der Waals surface area contributed by atoms with Gasteiger partial charge in [-0.1, -0.05) is 18.2 Å². The molecule has 1 aliphatic rings. The maximum absolute atomic E-state index is 12.8. The first-order chi connectivity index (χ1) is 13.7. The van der Waals surface area contributed by atoms with Crippen LogP contribution in [0.4, 0.5) is 0 Å². The Kier molecular flexibility index (Phi) is 5.06. The largest absolute Gasteiger partial charge is 0.494 e. The first-order valence-electron chi connectivity index (χ1n) is 9.48. The number of hydrogen-bond donors (Lipinski definition) is 1. The standard InChI is InChI=1S/C23H23N3O2/c1-15-4-3-5-20(25-15)22(17-8-9-17)26-23(27)18-10-6-16(7-11-18)19-12-13-24-14-21(19)28-2/h3-7,10-14,17,22H,8-9H2,1-2H3,(H,26,27). The van der Waals surface area contributed by atoms with Crippen molar-refractivity contribution >= 4 is 5.91 Å². The van der Waals surface area contributed by atoms with Crippen LogP contribution in [0.5, 0.6) is 5.75 Å². The van der Waals surface area contributed by atoms with Gasteiger partial charge in [0, 0.05) is 23.0 Å². The van der Waals surface area contributed by atoms with E-state index in [1.165, 1.54) is 0 Å². The van der Waals surface area contributed by atoms with Crippen LogP contribution < -0.4 is 10.1 Å². The number of aromatic nitrogens is 2. The van der Waals surface area contributed by atoms with Crippen molar-refractivity contribution in [2.24, 2.45) is 5.92 Å². The van der Waals surface area contributed by atoms with E-state index < -0.39 is 0 Å². The number of nitrogens with one attached hydrogen (secondary N) is 1. The fourth-order valence-corrected chi connectivity index (χ4v) is 3.41. The fourth-order valence-electron chi connectivity index (χ4n) is 3.41. The van der Waals surface area contributed by atoms with Crippen molar-refractivity contribution in [1.29, 1.82) is 0 Å². The zero-order valence-corrected chi connectivity index (χ0v) is 16.1. The molecule has 1 amide bonds. The monoisotopic (exact) mass is 373 g/mol. The molecule has 5 nitrogen and oxygen atoms in total. The molecule has 2 aromatic heterocycles. The second kappa shape index (κ2) is 7.80. The van der Waals surface area contributed by atoms with E-state index in [1.54, 1.807) is 19.5 Å². The van der Waals surface area contributed by atoms with Crippen molar-refractivity contribution in [3.63, 3.8) is 0 Å². The molecule has 1 unspecified atom stereocenters. The smallest absolute Gasteiger partial charge is 0.251 e. The second-order valence-corrected chi connectivity index (χ2v) is 7.15. The Hall–Kier alpha value is -3.21. The summed E-state index contributed by atoms with van der Waals surface area (Å²) in [6.07, 6.45) is 5.67. The van der Waals surface area contributed by atoms with Crippen molar-refractivity contribution < 1.29 is 9.53 Å². The number of rotatable bonds is 6. The van der Waals surface area contributed by atoms with Crippen molar-refractivity contribution in [3.05, 3.63) is 77.9 Å². The highest BCUT2D eigenvalue weighted by molar-refractivity contribution is 5.95. The van der Waals surface area contributed by atoms with Crippen molar-refractivity contribution in [1.82, 2.24) is 15.3 Å². The van der Waals surface area contributed by atoms with Crippen LogP contribution >= 0.6 is 0 Å². The molecule has 1 saturated carbocycles. The van der Waals surface area contributed by atoms with Gasteiger partial charge in [0.2, 0.25) is 0 Å². The Morgan fingerprint density at radius 3 is 2.61 bits per heavy atom. The Bertz CT molecular complexity index is 981. The quantitative estimate of drug-likeness (QED) is 0.698. The van der Waals surface area contributed by atoms with E-state index in [1.807, 2.05) is 55.5 Å². The summed E-state index contributed by atoms with van der Waals surface area (Å²) in [4.78, 5) is 21.5. The maximum atomic E-state index is 12.8. The summed E-state index contributed by atoms with van der Waals surface area (Å²) in [5.41, 5.74) is 4.47.